The summed E-state index contributed by atoms with van der Waals surface area (Å²) in [5.74, 6) is -3.35. The highest BCUT2D eigenvalue weighted by Gasteiger charge is 2.44. The number of carboxylic acids is 1. The summed E-state index contributed by atoms with van der Waals surface area (Å²) in [6.45, 7) is 3.15. The van der Waals surface area contributed by atoms with Crippen LogP contribution >= 0.6 is 0 Å². The maximum atomic E-state index is 12.3. The number of nitro groups is 1. The second-order valence-corrected chi connectivity index (χ2v) is 4.99. The predicted octanol–water partition coefficient (Wildman–Crippen LogP) is 1.30. The van der Waals surface area contributed by atoms with Crippen molar-refractivity contribution >= 4 is 23.5 Å². The van der Waals surface area contributed by atoms with Gasteiger partial charge in [-0.3, -0.25) is 24.6 Å². The van der Waals surface area contributed by atoms with Gasteiger partial charge in [-0.05, 0) is 12.0 Å². The number of nitro benzene ring substituents is 1. The average Bonchev–Trinajstić information content (AvgIpc) is 2.63. The summed E-state index contributed by atoms with van der Waals surface area (Å²) in [6, 6.07) is 1.97. The van der Waals surface area contributed by atoms with Crippen LogP contribution in [0, 0.1) is 16.0 Å². The Labute approximate surface area is 119 Å². The Balaban J connectivity index is 2.51. The number of carboxylic acid groups (broad SMARTS) is 1. The lowest BCUT2D eigenvalue weighted by atomic mass is 10.0. The van der Waals surface area contributed by atoms with Gasteiger partial charge in [0.1, 0.15) is 6.04 Å². The van der Waals surface area contributed by atoms with E-state index in [1.54, 1.807) is 13.8 Å². The Morgan fingerprint density at radius 2 is 1.81 bits per heavy atom. The molecule has 1 aromatic rings. The summed E-state index contributed by atoms with van der Waals surface area (Å²) in [6.07, 6.45) is 0. The molecule has 2 amide bonds. The molecule has 1 aliphatic rings. The van der Waals surface area contributed by atoms with E-state index in [0.717, 1.165) is 12.1 Å². The van der Waals surface area contributed by atoms with Gasteiger partial charge < -0.3 is 5.11 Å². The normalized spacial score (nSPS) is 15.3. The maximum absolute atomic E-state index is 12.3. The molecule has 21 heavy (non-hydrogen) atoms. The number of hydrogen-bond donors (Lipinski definition) is 1. The summed E-state index contributed by atoms with van der Waals surface area (Å²) in [4.78, 5) is 46.4. The largest absolute Gasteiger partial charge is 0.480 e. The van der Waals surface area contributed by atoms with Crippen molar-refractivity contribution < 1.29 is 24.4 Å². The Morgan fingerprint density at radius 1 is 1.24 bits per heavy atom. The highest BCUT2D eigenvalue weighted by molar-refractivity contribution is 6.22. The number of amides is 2. The third kappa shape index (κ3) is 2.24. The van der Waals surface area contributed by atoms with Crippen LogP contribution in [0.5, 0.6) is 0 Å². The zero-order valence-corrected chi connectivity index (χ0v) is 11.3. The summed E-state index contributed by atoms with van der Waals surface area (Å²) in [5.41, 5.74) is -0.480. The monoisotopic (exact) mass is 292 g/mol. The van der Waals surface area contributed by atoms with E-state index >= 15 is 0 Å². The molecule has 0 saturated heterocycles. The number of hydrogen-bond acceptors (Lipinski definition) is 5. The number of benzene rings is 1. The lowest BCUT2D eigenvalue weighted by molar-refractivity contribution is -0.384. The van der Waals surface area contributed by atoms with Crippen molar-refractivity contribution in [3.8, 4) is 0 Å². The summed E-state index contributed by atoms with van der Waals surface area (Å²) in [5, 5.41) is 19.9. The molecule has 1 aliphatic heterocycles. The summed E-state index contributed by atoms with van der Waals surface area (Å²) < 4.78 is 0. The van der Waals surface area contributed by atoms with Gasteiger partial charge in [0, 0.05) is 12.1 Å². The number of imide groups is 1. The summed E-state index contributed by atoms with van der Waals surface area (Å²) in [7, 11) is 0. The molecular weight excluding hydrogens is 280 g/mol. The molecule has 2 rings (SSSR count). The number of non-ortho nitro benzene ring substituents is 1. The van der Waals surface area contributed by atoms with E-state index in [4.69, 9.17) is 0 Å². The van der Waals surface area contributed by atoms with Crippen LogP contribution in [0.1, 0.15) is 34.6 Å². The Hall–Kier alpha value is -2.77. The molecule has 0 unspecified atom stereocenters. The van der Waals surface area contributed by atoms with E-state index in [2.05, 4.69) is 0 Å². The Morgan fingerprint density at radius 3 is 2.29 bits per heavy atom. The first-order chi connectivity index (χ1) is 9.75. The van der Waals surface area contributed by atoms with Gasteiger partial charge >= 0.3 is 5.97 Å². The minimum Gasteiger partial charge on any atom is -0.480 e. The fourth-order valence-corrected chi connectivity index (χ4v) is 2.31. The number of aliphatic carboxylic acids is 1. The molecule has 0 radical (unpaired) electrons. The van der Waals surface area contributed by atoms with Gasteiger partial charge in [-0.1, -0.05) is 13.8 Å². The van der Waals surface area contributed by atoms with Gasteiger partial charge in [0.25, 0.3) is 17.5 Å². The molecule has 0 spiro atoms. The molecule has 1 heterocycles. The van der Waals surface area contributed by atoms with Gasteiger partial charge in [0.05, 0.1) is 16.1 Å². The predicted molar refractivity (Wildman–Crippen MR) is 69.9 cm³/mol. The van der Waals surface area contributed by atoms with Crippen LogP contribution in [0.3, 0.4) is 0 Å². The zero-order valence-electron chi connectivity index (χ0n) is 11.3. The van der Waals surface area contributed by atoms with Crippen LogP contribution in [-0.4, -0.2) is 38.8 Å². The molecule has 0 bridgehead atoms. The number of fused-ring (bicyclic) bond motifs is 1. The minimum atomic E-state index is -1.31. The van der Waals surface area contributed by atoms with E-state index in [0.29, 0.717) is 4.90 Å². The number of rotatable bonds is 4. The van der Waals surface area contributed by atoms with E-state index < -0.39 is 34.7 Å². The zero-order chi connectivity index (χ0) is 15.9. The molecular formula is C13H12N2O6. The van der Waals surface area contributed by atoms with Gasteiger partial charge in [-0.2, -0.15) is 0 Å². The van der Waals surface area contributed by atoms with E-state index in [-0.39, 0.29) is 16.8 Å². The van der Waals surface area contributed by atoms with Crippen molar-refractivity contribution in [2.45, 2.75) is 19.9 Å². The number of carbonyl (C=O) groups is 3. The first kappa shape index (κ1) is 14.6. The highest BCUT2D eigenvalue weighted by Crippen LogP contribution is 2.29. The molecule has 0 aromatic heterocycles. The van der Waals surface area contributed by atoms with Crippen molar-refractivity contribution in [3.63, 3.8) is 0 Å². The first-order valence-electron chi connectivity index (χ1n) is 6.14. The van der Waals surface area contributed by atoms with Crippen molar-refractivity contribution in [2.24, 2.45) is 5.92 Å². The van der Waals surface area contributed by atoms with Gasteiger partial charge in [0.15, 0.2) is 0 Å². The number of carbonyl (C=O) groups excluding carboxylic acids is 2. The SMILES string of the molecule is CC(C)[C@H](C(=O)O)N1C(=O)c2ccc([N+](=O)[O-])cc2C1=O. The molecule has 8 nitrogen and oxygen atoms in total. The molecule has 1 N–H and O–H groups in total. The molecule has 0 fully saturated rings. The second-order valence-electron chi connectivity index (χ2n) is 4.99. The van der Waals surface area contributed by atoms with Crippen LogP contribution in [0.25, 0.3) is 0 Å². The minimum absolute atomic E-state index is 0.0162. The molecule has 1 atom stereocenters. The van der Waals surface area contributed by atoms with Crippen molar-refractivity contribution in [2.75, 3.05) is 0 Å². The van der Waals surface area contributed by atoms with Crippen LogP contribution in [0.15, 0.2) is 18.2 Å². The third-order valence-corrected chi connectivity index (χ3v) is 3.28. The van der Waals surface area contributed by atoms with Crippen LogP contribution < -0.4 is 0 Å². The van der Waals surface area contributed by atoms with Crippen molar-refractivity contribution in [1.29, 1.82) is 0 Å². The van der Waals surface area contributed by atoms with Crippen LogP contribution in [0.4, 0.5) is 5.69 Å². The maximum Gasteiger partial charge on any atom is 0.327 e. The Kier molecular flexibility index (Phi) is 3.46. The molecule has 0 saturated carbocycles. The molecule has 0 aliphatic carbocycles. The third-order valence-electron chi connectivity index (χ3n) is 3.28. The summed E-state index contributed by atoms with van der Waals surface area (Å²) >= 11 is 0. The van der Waals surface area contributed by atoms with Gasteiger partial charge in [-0.25, -0.2) is 4.79 Å². The highest BCUT2D eigenvalue weighted by atomic mass is 16.6. The fraction of sp³-hybridized carbons (Fsp3) is 0.308. The Bertz CT molecular complexity index is 667. The number of nitrogens with zero attached hydrogens (tertiary/aromatic N) is 2. The van der Waals surface area contributed by atoms with Crippen molar-refractivity contribution in [1.82, 2.24) is 4.90 Å². The van der Waals surface area contributed by atoms with E-state index in [9.17, 15) is 29.6 Å². The topological polar surface area (TPSA) is 118 Å². The quantitative estimate of drug-likeness (QED) is 0.507. The molecule has 1 aromatic carbocycles. The first-order valence-corrected chi connectivity index (χ1v) is 6.14. The van der Waals surface area contributed by atoms with Crippen molar-refractivity contribution in [3.05, 3.63) is 39.4 Å². The standard InChI is InChI=1S/C13H12N2O6/c1-6(2)10(13(18)19)14-11(16)8-4-3-7(15(20)21)5-9(8)12(14)17/h3-6,10H,1-2H3,(H,18,19)/t10-/m1/s1. The van der Waals surface area contributed by atoms with Gasteiger partial charge in [0.2, 0.25) is 0 Å². The van der Waals surface area contributed by atoms with E-state index in [1.165, 1.54) is 6.07 Å². The smallest absolute Gasteiger partial charge is 0.327 e. The van der Waals surface area contributed by atoms with Gasteiger partial charge in [-0.15, -0.1) is 0 Å². The fourth-order valence-electron chi connectivity index (χ4n) is 2.31. The lowest BCUT2D eigenvalue weighted by Crippen LogP contribution is -2.47. The average molecular weight is 292 g/mol. The second kappa shape index (κ2) is 4.97. The van der Waals surface area contributed by atoms with Crippen LogP contribution in [0.2, 0.25) is 0 Å². The van der Waals surface area contributed by atoms with Crippen LogP contribution in [-0.2, 0) is 4.79 Å². The molecule has 8 heteroatoms. The lowest BCUT2D eigenvalue weighted by Gasteiger charge is -2.25. The molecule has 110 valence electrons. The van der Waals surface area contributed by atoms with E-state index in [1.807, 2.05) is 0 Å².